The Labute approximate surface area is 185 Å². The standard InChI is InChI=1S/C25H36N2O2S/c1-23-9-8-20-18(19(23)4-5-21(23)29)7-11-25(16-17(28)6-10-24(20,25)2)12-15-30-22-26-13-3-14-27-22/h3,8,13-14,17-19,21,28-29H,4-7,9-12,15-16H2,1-2H3/t17-,18?,19?,21?,23?,24+,25?/m0/s1. The van der Waals surface area contributed by atoms with Crippen LogP contribution in [0.25, 0.3) is 0 Å². The number of allylic oxidation sites excluding steroid dienone is 2. The third-order valence-corrected chi connectivity index (χ3v) is 10.6. The molecule has 0 amide bonds. The Morgan fingerprint density at radius 1 is 1.07 bits per heavy atom. The number of aromatic nitrogens is 2. The fraction of sp³-hybridized carbons (Fsp3) is 0.760. The van der Waals surface area contributed by atoms with E-state index in [0.29, 0.717) is 11.8 Å². The van der Waals surface area contributed by atoms with Gasteiger partial charge >= 0.3 is 0 Å². The number of aliphatic hydroxyl groups excluding tert-OH is 2. The lowest BCUT2D eigenvalue weighted by Gasteiger charge is -2.62. The second-order valence-electron chi connectivity index (χ2n) is 10.9. The zero-order valence-corrected chi connectivity index (χ0v) is 19.2. The van der Waals surface area contributed by atoms with Crippen LogP contribution in [0.5, 0.6) is 0 Å². The highest BCUT2D eigenvalue weighted by Crippen LogP contribution is 2.69. The van der Waals surface area contributed by atoms with Gasteiger partial charge in [-0.2, -0.15) is 0 Å². The Morgan fingerprint density at radius 3 is 2.67 bits per heavy atom. The first-order valence-electron chi connectivity index (χ1n) is 11.8. The lowest BCUT2D eigenvalue weighted by Crippen LogP contribution is -2.55. The summed E-state index contributed by atoms with van der Waals surface area (Å²) >= 11 is 1.75. The molecular formula is C25H36N2O2S. The van der Waals surface area contributed by atoms with Gasteiger partial charge in [-0.15, -0.1) is 0 Å². The van der Waals surface area contributed by atoms with Crippen LogP contribution in [-0.2, 0) is 0 Å². The van der Waals surface area contributed by atoms with Crippen LogP contribution in [0.15, 0.2) is 35.3 Å². The molecule has 0 bridgehead atoms. The quantitative estimate of drug-likeness (QED) is 0.401. The summed E-state index contributed by atoms with van der Waals surface area (Å²) in [6.07, 6.45) is 15.5. The molecule has 5 unspecified atom stereocenters. The molecule has 0 aliphatic heterocycles. The molecular weight excluding hydrogens is 392 g/mol. The minimum atomic E-state index is -0.171. The van der Waals surface area contributed by atoms with E-state index in [4.69, 9.17) is 0 Å². The van der Waals surface area contributed by atoms with Gasteiger partial charge in [0, 0.05) is 23.6 Å². The fourth-order valence-corrected chi connectivity index (χ4v) is 8.79. The van der Waals surface area contributed by atoms with E-state index in [-0.39, 0.29) is 28.5 Å². The number of hydrogen-bond donors (Lipinski definition) is 2. The Balaban J connectivity index is 1.42. The minimum absolute atomic E-state index is 0.0687. The number of fused-ring (bicyclic) bond motifs is 5. The normalized spacial score (nSPS) is 45.3. The first-order valence-corrected chi connectivity index (χ1v) is 12.8. The van der Waals surface area contributed by atoms with Gasteiger partial charge in [-0.3, -0.25) is 0 Å². The van der Waals surface area contributed by atoms with Crippen LogP contribution in [0.2, 0.25) is 0 Å². The predicted octanol–water partition coefficient (Wildman–Crippen LogP) is 5.01. The van der Waals surface area contributed by atoms with Gasteiger partial charge < -0.3 is 10.2 Å². The van der Waals surface area contributed by atoms with E-state index in [9.17, 15) is 10.2 Å². The molecule has 1 aromatic rings. The highest BCUT2D eigenvalue weighted by Gasteiger charge is 2.61. The molecule has 0 radical (unpaired) electrons. The largest absolute Gasteiger partial charge is 0.393 e. The molecule has 30 heavy (non-hydrogen) atoms. The van der Waals surface area contributed by atoms with Crippen LogP contribution in [0.1, 0.15) is 71.6 Å². The molecule has 0 spiro atoms. The molecule has 1 heterocycles. The van der Waals surface area contributed by atoms with Crippen molar-refractivity contribution in [1.29, 1.82) is 0 Å². The van der Waals surface area contributed by atoms with Crippen molar-refractivity contribution in [2.75, 3.05) is 5.75 Å². The van der Waals surface area contributed by atoms with Crippen molar-refractivity contribution in [3.8, 4) is 0 Å². The molecule has 1 aromatic heterocycles. The second-order valence-corrected chi connectivity index (χ2v) is 11.9. The maximum atomic E-state index is 10.7. The maximum absolute atomic E-state index is 10.7. The van der Waals surface area contributed by atoms with Gasteiger partial charge in [0.2, 0.25) is 0 Å². The fourth-order valence-electron chi connectivity index (χ4n) is 7.84. The van der Waals surface area contributed by atoms with E-state index in [1.165, 1.54) is 19.3 Å². The molecule has 2 N–H and O–H groups in total. The molecule has 4 aliphatic rings. The summed E-state index contributed by atoms with van der Waals surface area (Å²) in [7, 11) is 0. The van der Waals surface area contributed by atoms with Crippen LogP contribution in [0.3, 0.4) is 0 Å². The molecule has 5 rings (SSSR count). The third kappa shape index (κ3) is 3.10. The number of rotatable bonds is 4. The SMILES string of the molecule is CC12CC=C3C(CCC4(CCSc5ncccn5)C[C@@H](O)CC[C@]34C)C1CCC2O. The van der Waals surface area contributed by atoms with Gasteiger partial charge in [-0.1, -0.05) is 37.3 Å². The summed E-state index contributed by atoms with van der Waals surface area (Å²) in [5.41, 5.74) is 2.08. The van der Waals surface area contributed by atoms with Gasteiger partial charge in [0.25, 0.3) is 0 Å². The molecule has 0 saturated heterocycles. The van der Waals surface area contributed by atoms with E-state index in [1.54, 1.807) is 17.3 Å². The van der Waals surface area contributed by atoms with Gasteiger partial charge in [-0.25, -0.2) is 9.97 Å². The zero-order chi connectivity index (χ0) is 21.0. The summed E-state index contributed by atoms with van der Waals surface area (Å²) in [4.78, 5) is 8.76. The average Bonchev–Trinajstić information content (AvgIpc) is 3.04. The maximum Gasteiger partial charge on any atom is 0.187 e. The van der Waals surface area contributed by atoms with Crippen molar-refractivity contribution >= 4 is 11.8 Å². The third-order valence-electron chi connectivity index (χ3n) is 9.71. The van der Waals surface area contributed by atoms with Gasteiger partial charge in [0.1, 0.15) is 0 Å². The van der Waals surface area contributed by atoms with Crippen molar-refractivity contribution in [3.05, 3.63) is 30.1 Å². The predicted molar refractivity (Wildman–Crippen MR) is 120 cm³/mol. The van der Waals surface area contributed by atoms with Crippen molar-refractivity contribution < 1.29 is 10.2 Å². The Morgan fingerprint density at radius 2 is 1.87 bits per heavy atom. The molecule has 164 valence electrons. The highest BCUT2D eigenvalue weighted by molar-refractivity contribution is 7.99. The Bertz CT molecular complexity index is 817. The molecule has 4 nitrogen and oxygen atoms in total. The van der Waals surface area contributed by atoms with Crippen LogP contribution in [0, 0.1) is 28.1 Å². The first-order chi connectivity index (χ1) is 14.4. The number of nitrogens with zero attached hydrogens (tertiary/aromatic N) is 2. The molecule has 5 heteroatoms. The molecule has 3 saturated carbocycles. The molecule has 4 aliphatic carbocycles. The Hall–Kier alpha value is -0.910. The van der Waals surface area contributed by atoms with Crippen LogP contribution in [-0.4, -0.2) is 38.1 Å². The van der Waals surface area contributed by atoms with Crippen molar-refractivity contribution in [2.45, 2.75) is 89.0 Å². The van der Waals surface area contributed by atoms with Gasteiger partial charge in [-0.05, 0) is 86.5 Å². The van der Waals surface area contributed by atoms with Crippen LogP contribution >= 0.6 is 11.8 Å². The van der Waals surface area contributed by atoms with Crippen LogP contribution < -0.4 is 0 Å². The summed E-state index contributed by atoms with van der Waals surface area (Å²) in [5.74, 6) is 2.25. The van der Waals surface area contributed by atoms with Gasteiger partial charge in [0.15, 0.2) is 5.16 Å². The van der Waals surface area contributed by atoms with Gasteiger partial charge in [0.05, 0.1) is 12.2 Å². The lowest BCUT2D eigenvalue weighted by molar-refractivity contribution is -0.0866. The van der Waals surface area contributed by atoms with Crippen molar-refractivity contribution in [1.82, 2.24) is 9.97 Å². The Kier molecular flexibility index (Phi) is 5.31. The molecule has 0 aromatic carbocycles. The van der Waals surface area contributed by atoms with E-state index in [0.717, 1.165) is 49.4 Å². The van der Waals surface area contributed by atoms with Crippen LogP contribution in [0.4, 0.5) is 0 Å². The molecule has 7 atom stereocenters. The zero-order valence-electron chi connectivity index (χ0n) is 18.4. The van der Waals surface area contributed by atoms with E-state index < -0.39 is 0 Å². The summed E-state index contributed by atoms with van der Waals surface area (Å²) in [6.45, 7) is 4.84. The van der Waals surface area contributed by atoms with E-state index in [2.05, 4.69) is 29.9 Å². The number of hydrogen-bond acceptors (Lipinski definition) is 5. The topological polar surface area (TPSA) is 66.2 Å². The van der Waals surface area contributed by atoms with Crippen molar-refractivity contribution in [2.24, 2.45) is 28.1 Å². The first kappa shape index (κ1) is 21.0. The summed E-state index contributed by atoms with van der Waals surface area (Å²) in [5, 5.41) is 22.2. The van der Waals surface area contributed by atoms with E-state index in [1.807, 2.05) is 18.5 Å². The monoisotopic (exact) mass is 428 g/mol. The van der Waals surface area contributed by atoms with E-state index >= 15 is 0 Å². The minimum Gasteiger partial charge on any atom is -0.393 e. The second kappa shape index (κ2) is 7.60. The number of aliphatic hydroxyl groups is 2. The number of thioether (sulfide) groups is 1. The smallest absolute Gasteiger partial charge is 0.187 e. The summed E-state index contributed by atoms with van der Waals surface area (Å²) < 4.78 is 0. The lowest BCUT2D eigenvalue weighted by atomic mass is 9.42. The highest BCUT2D eigenvalue weighted by atomic mass is 32.2. The van der Waals surface area contributed by atoms with Crippen molar-refractivity contribution in [3.63, 3.8) is 0 Å². The summed E-state index contributed by atoms with van der Waals surface area (Å²) in [6, 6.07) is 1.86. The average molecular weight is 429 g/mol. The molecule has 3 fully saturated rings.